The lowest BCUT2D eigenvalue weighted by atomic mass is 10.00. The number of aryl methyl sites for hydroxylation is 1. The highest BCUT2D eigenvalue weighted by Gasteiger charge is 2.23. The molecule has 0 bridgehead atoms. The first-order valence-electron chi connectivity index (χ1n) is 14.7. The van der Waals surface area contributed by atoms with Crippen molar-refractivity contribution in [2.24, 2.45) is 0 Å². The van der Waals surface area contributed by atoms with Crippen molar-refractivity contribution in [3.05, 3.63) is 105 Å². The van der Waals surface area contributed by atoms with Crippen LogP contribution in [0.15, 0.2) is 66.0 Å². The van der Waals surface area contributed by atoms with Gasteiger partial charge in [-0.05, 0) is 49.1 Å². The van der Waals surface area contributed by atoms with Gasteiger partial charge in [0.15, 0.2) is 0 Å². The zero-order valence-electron chi connectivity index (χ0n) is 25.9. The molecule has 0 aliphatic carbocycles. The number of benzene rings is 2. The van der Waals surface area contributed by atoms with Crippen LogP contribution in [0.25, 0.3) is 0 Å². The Morgan fingerprint density at radius 3 is 2.43 bits per heavy atom. The minimum Gasteiger partial charge on any atom is -0.390 e. The molecule has 0 saturated carbocycles. The van der Waals surface area contributed by atoms with E-state index in [1.807, 2.05) is 48.7 Å². The van der Waals surface area contributed by atoms with Gasteiger partial charge in [-0.3, -0.25) is 9.59 Å². The van der Waals surface area contributed by atoms with Crippen molar-refractivity contribution in [2.75, 3.05) is 26.0 Å². The highest BCUT2D eigenvalue weighted by Crippen LogP contribution is 2.16. The van der Waals surface area contributed by atoms with E-state index in [0.29, 0.717) is 36.6 Å². The molecule has 4 N–H and O–H groups in total. The third-order valence-corrected chi connectivity index (χ3v) is 8.06. The second-order valence-electron chi connectivity index (χ2n) is 11.1. The van der Waals surface area contributed by atoms with Crippen molar-refractivity contribution >= 4 is 29.1 Å². The molecule has 0 unspecified atom stereocenters. The SMILES string of the molecule is CNc1nc(CNC[C@@H](O)[C@H](Cc2ccccc2)NC(=O)c2cccc(C(=O)N(C)Cc3nc(C)cs3)c2)cc(C(C)C)n1. The molecule has 2 aromatic carbocycles. The molecule has 44 heavy (non-hydrogen) atoms. The minimum atomic E-state index is -0.896. The van der Waals surface area contributed by atoms with Gasteiger partial charge in [-0.15, -0.1) is 11.3 Å². The van der Waals surface area contributed by atoms with Crippen LogP contribution in [-0.4, -0.2) is 69.6 Å². The Morgan fingerprint density at radius 2 is 1.75 bits per heavy atom. The van der Waals surface area contributed by atoms with Crippen molar-refractivity contribution in [2.45, 2.75) is 58.3 Å². The average Bonchev–Trinajstić information content (AvgIpc) is 3.44. The van der Waals surface area contributed by atoms with Gasteiger partial charge < -0.3 is 26.0 Å². The topological polar surface area (TPSA) is 132 Å². The first kappa shape index (κ1) is 32.7. The van der Waals surface area contributed by atoms with Crippen LogP contribution in [0.1, 0.15) is 68.1 Å². The van der Waals surface area contributed by atoms with Crippen molar-refractivity contribution < 1.29 is 14.7 Å². The first-order valence-corrected chi connectivity index (χ1v) is 15.6. The lowest BCUT2D eigenvalue weighted by Crippen LogP contribution is -2.48. The second kappa shape index (κ2) is 15.5. The van der Waals surface area contributed by atoms with Crippen molar-refractivity contribution in [1.82, 2.24) is 30.5 Å². The molecule has 4 rings (SSSR count). The molecule has 0 aliphatic rings. The van der Waals surface area contributed by atoms with Gasteiger partial charge in [0.25, 0.3) is 11.8 Å². The molecule has 232 valence electrons. The van der Waals surface area contributed by atoms with Crippen LogP contribution >= 0.6 is 11.3 Å². The van der Waals surface area contributed by atoms with Crippen LogP contribution < -0.4 is 16.0 Å². The van der Waals surface area contributed by atoms with Crippen LogP contribution in [-0.2, 0) is 19.5 Å². The predicted molar refractivity (Wildman–Crippen MR) is 174 cm³/mol. The number of hydrogen-bond acceptors (Lipinski definition) is 9. The van der Waals surface area contributed by atoms with E-state index in [9.17, 15) is 14.7 Å². The van der Waals surface area contributed by atoms with Crippen molar-refractivity contribution in [3.63, 3.8) is 0 Å². The number of hydrogen-bond donors (Lipinski definition) is 4. The van der Waals surface area contributed by atoms with E-state index in [-0.39, 0.29) is 24.3 Å². The number of aliphatic hydroxyl groups is 1. The van der Waals surface area contributed by atoms with Gasteiger partial charge in [0.2, 0.25) is 5.95 Å². The number of amides is 2. The van der Waals surface area contributed by atoms with Crippen LogP contribution in [0.5, 0.6) is 0 Å². The minimum absolute atomic E-state index is 0.204. The Bertz CT molecular complexity index is 1540. The molecule has 0 radical (unpaired) electrons. The summed E-state index contributed by atoms with van der Waals surface area (Å²) < 4.78 is 0. The molecule has 11 heteroatoms. The monoisotopic (exact) mass is 615 g/mol. The number of aromatic nitrogens is 3. The van der Waals surface area contributed by atoms with E-state index < -0.39 is 12.1 Å². The number of carbonyl (C=O) groups is 2. The third kappa shape index (κ3) is 9.15. The Labute approximate surface area is 263 Å². The maximum atomic E-state index is 13.5. The summed E-state index contributed by atoms with van der Waals surface area (Å²) in [7, 11) is 3.50. The highest BCUT2D eigenvalue weighted by molar-refractivity contribution is 7.09. The van der Waals surface area contributed by atoms with E-state index in [4.69, 9.17) is 0 Å². The zero-order chi connectivity index (χ0) is 31.6. The number of anilines is 1. The molecule has 4 aromatic rings. The largest absolute Gasteiger partial charge is 0.390 e. The summed E-state index contributed by atoms with van der Waals surface area (Å²) in [4.78, 5) is 41.6. The van der Waals surface area contributed by atoms with E-state index >= 15 is 0 Å². The van der Waals surface area contributed by atoms with E-state index in [1.165, 1.54) is 11.3 Å². The quantitative estimate of drug-likeness (QED) is 0.166. The lowest BCUT2D eigenvalue weighted by molar-refractivity contribution is 0.0784. The summed E-state index contributed by atoms with van der Waals surface area (Å²) in [5.41, 5.74) is 4.39. The molecule has 10 nitrogen and oxygen atoms in total. The molecule has 2 aromatic heterocycles. The second-order valence-corrected chi connectivity index (χ2v) is 12.0. The van der Waals surface area contributed by atoms with E-state index in [2.05, 4.69) is 44.7 Å². The normalized spacial score (nSPS) is 12.5. The molecule has 0 aliphatic heterocycles. The standard InChI is InChI=1S/C33H41N7O3S/c1-21(2)27-16-26(37-33(34-4)39-27)17-35-18-29(41)28(14-23-10-7-6-8-11-23)38-31(42)24-12-9-13-25(15-24)32(43)40(5)19-30-36-22(3)20-44-30/h6-13,15-16,20-21,28-29,35,41H,14,17-19H2,1-5H3,(H,38,42)(H,34,37,39)/t28-,29+/m0/s1. The van der Waals surface area contributed by atoms with Crippen LogP contribution in [0.4, 0.5) is 5.95 Å². The summed E-state index contributed by atoms with van der Waals surface area (Å²) >= 11 is 1.51. The van der Waals surface area contributed by atoms with Crippen molar-refractivity contribution in [1.29, 1.82) is 0 Å². The summed E-state index contributed by atoms with van der Waals surface area (Å²) in [5.74, 6) is 0.225. The number of thiazole rings is 1. The number of nitrogens with zero attached hydrogens (tertiary/aromatic N) is 4. The molecular formula is C33H41N7O3S. The summed E-state index contributed by atoms with van der Waals surface area (Å²) in [5, 5.41) is 23.4. The Kier molecular flexibility index (Phi) is 11.5. The smallest absolute Gasteiger partial charge is 0.253 e. The first-order chi connectivity index (χ1) is 21.1. The Hall–Kier alpha value is -4.19. The predicted octanol–water partition coefficient (Wildman–Crippen LogP) is 4.17. The average molecular weight is 616 g/mol. The zero-order valence-corrected chi connectivity index (χ0v) is 26.7. The molecule has 0 fully saturated rings. The molecule has 2 heterocycles. The lowest BCUT2D eigenvalue weighted by Gasteiger charge is -2.25. The maximum absolute atomic E-state index is 13.5. The van der Waals surface area contributed by atoms with Gasteiger partial charge in [0.05, 0.1) is 24.4 Å². The fourth-order valence-corrected chi connectivity index (χ4v) is 5.50. The Morgan fingerprint density at radius 1 is 1.00 bits per heavy atom. The van der Waals surface area contributed by atoms with E-state index in [0.717, 1.165) is 27.7 Å². The van der Waals surface area contributed by atoms with Gasteiger partial charge in [0, 0.05) is 55.1 Å². The fraction of sp³-hybridized carbons (Fsp3) is 0.364. The summed E-state index contributed by atoms with van der Waals surface area (Å²) in [6.07, 6.45) is -0.467. The molecule has 0 saturated heterocycles. The number of carbonyl (C=O) groups excluding carboxylic acids is 2. The Balaban J connectivity index is 1.44. The number of aliphatic hydroxyl groups excluding tert-OH is 1. The van der Waals surface area contributed by atoms with Crippen molar-refractivity contribution in [3.8, 4) is 0 Å². The third-order valence-electron chi connectivity index (χ3n) is 7.11. The molecule has 2 atom stereocenters. The van der Waals surface area contributed by atoms with Gasteiger partial charge in [-0.2, -0.15) is 0 Å². The maximum Gasteiger partial charge on any atom is 0.253 e. The van der Waals surface area contributed by atoms with Crippen LogP contribution in [0, 0.1) is 6.92 Å². The number of nitrogens with one attached hydrogen (secondary N) is 3. The molecule has 2 amide bonds. The van der Waals surface area contributed by atoms with Crippen LogP contribution in [0.3, 0.4) is 0 Å². The van der Waals surface area contributed by atoms with Gasteiger partial charge in [-0.1, -0.05) is 50.2 Å². The highest BCUT2D eigenvalue weighted by atomic mass is 32.1. The summed E-state index contributed by atoms with van der Waals surface area (Å²) in [6.45, 7) is 7.11. The molecule has 0 spiro atoms. The van der Waals surface area contributed by atoms with Gasteiger partial charge in [0.1, 0.15) is 5.01 Å². The molecular weight excluding hydrogens is 574 g/mol. The van der Waals surface area contributed by atoms with Gasteiger partial charge >= 0.3 is 0 Å². The number of rotatable bonds is 14. The fourth-order valence-electron chi connectivity index (χ4n) is 4.67. The van der Waals surface area contributed by atoms with E-state index in [1.54, 1.807) is 43.3 Å². The van der Waals surface area contributed by atoms with Gasteiger partial charge in [-0.25, -0.2) is 15.0 Å². The van der Waals surface area contributed by atoms with Crippen LogP contribution in [0.2, 0.25) is 0 Å². The summed E-state index contributed by atoms with van der Waals surface area (Å²) in [6, 6.07) is 17.7.